The van der Waals surface area contributed by atoms with Crippen LogP contribution in [0.1, 0.15) is 27.2 Å². The first kappa shape index (κ1) is 15.3. The minimum absolute atomic E-state index is 0.00646. The Morgan fingerprint density at radius 1 is 1.33 bits per heavy atom. The van der Waals surface area contributed by atoms with Crippen molar-refractivity contribution >= 4 is 26.1 Å². The second-order valence-electron chi connectivity index (χ2n) is 3.65. The second-order valence-corrected chi connectivity index (χ2v) is 6.43. The third-order valence-corrected chi connectivity index (χ3v) is 5.11. The van der Waals surface area contributed by atoms with Crippen molar-refractivity contribution in [1.82, 2.24) is 8.61 Å². The summed E-state index contributed by atoms with van der Waals surface area (Å²) in [5.41, 5.74) is 0. The molecule has 0 aliphatic rings. The highest BCUT2D eigenvalue weighted by Crippen LogP contribution is 2.10. The first-order valence-corrected chi connectivity index (χ1v) is 7.68. The molecule has 0 saturated carbocycles. The van der Waals surface area contributed by atoms with E-state index in [1.165, 1.54) is 8.61 Å². The normalized spacial score (nSPS) is 13.1. The van der Waals surface area contributed by atoms with Crippen LogP contribution >= 0.6 is 15.9 Å². The fraction of sp³-hybridized carbons (Fsp3) is 1.00. The molecule has 0 aromatic heterocycles. The Balaban J connectivity index is 4.66. The van der Waals surface area contributed by atoms with Gasteiger partial charge >= 0.3 is 0 Å². The summed E-state index contributed by atoms with van der Waals surface area (Å²) in [6.45, 7) is 6.69. The van der Waals surface area contributed by atoms with Gasteiger partial charge in [0.1, 0.15) is 0 Å². The van der Waals surface area contributed by atoms with Gasteiger partial charge in [-0.25, -0.2) is 0 Å². The predicted molar refractivity (Wildman–Crippen MR) is 67.5 cm³/mol. The van der Waals surface area contributed by atoms with Gasteiger partial charge in [-0.3, -0.25) is 0 Å². The fourth-order valence-corrected chi connectivity index (χ4v) is 2.96. The third kappa shape index (κ3) is 4.38. The topological polar surface area (TPSA) is 40.6 Å². The number of rotatable bonds is 7. The molecule has 0 heterocycles. The van der Waals surface area contributed by atoms with E-state index in [0.717, 1.165) is 11.8 Å². The van der Waals surface area contributed by atoms with Crippen molar-refractivity contribution in [1.29, 1.82) is 0 Å². The Bertz CT molecular complexity index is 267. The highest BCUT2D eigenvalue weighted by atomic mass is 79.9. The Hall–Kier alpha value is 0.350. The molecule has 6 heteroatoms. The standard InChI is InChI=1S/C9H21BrN2O2S/c1-5-12(8-6-7-10)15(13,14)11(4)9(2)3/h9H,5-8H2,1-4H3. The average molecular weight is 301 g/mol. The molecule has 0 spiro atoms. The van der Waals surface area contributed by atoms with Gasteiger partial charge in [-0.05, 0) is 20.3 Å². The maximum absolute atomic E-state index is 12.0. The summed E-state index contributed by atoms with van der Waals surface area (Å²) in [6.07, 6.45) is 0.832. The molecular weight excluding hydrogens is 280 g/mol. The Morgan fingerprint density at radius 2 is 1.87 bits per heavy atom. The van der Waals surface area contributed by atoms with Crippen molar-refractivity contribution in [2.24, 2.45) is 0 Å². The van der Waals surface area contributed by atoms with Gasteiger partial charge in [0, 0.05) is 31.5 Å². The number of alkyl halides is 1. The first-order chi connectivity index (χ1) is 6.87. The summed E-state index contributed by atoms with van der Waals surface area (Å²) >= 11 is 3.30. The van der Waals surface area contributed by atoms with E-state index in [4.69, 9.17) is 0 Å². The zero-order valence-electron chi connectivity index (χ0n) is 9.90. The van der Waals surface area contributed by atoms with Crippen LogP contribution in [0.4, 0.5) is 0 Å². The van der Waals surface area contributed by atoms with Crippen LogP contribution in [-0.2, 0) is 10.2 Å². The first-order valence-electron chi connectivity index (χ1n) is 5.17. The highest BCUT2D eigenvalue weighted by molar-refractivity contribution is 9.09. The molecule has 0 radical (unpaired) electrons. The molecule has 0 aliphatic carbocycles. The monoisotopic (exact) mass is 300 g/mol. The molecule has 4 nitrogen and oxygen atoms in total. The predicted octanol–water partition coefficient (Wildman–Crippen LogP) is 1.68. The molecule has 0 bridgehead atoms. The van der Waals surface area contributed by atoms with E-state index < -0.39 is 10.2 Å². The van der Waals surface area contributed by atoms with Gasteiger partial charge in [-0.2, -0.15) is 17.0 Å². The molecule has 0 aromatic rings. The van der Waals surface area contributed by atoms with Crippen molar-refractivity contribution in [3.63, 3.8) is 0 Å². The molecule has 0 atom stereocenters. The smallest absolute Gasteiger partial charge is 0.195 e. The van der Waals surface area contributed by atoms with Crippen LogP contribution in [0, 0.1) is 0 Å². The van der Waals surface area contributed by atoms with Gasteiger partial charge in [0.05, 0.1) is 0 Å². The van der Waals surface area contributed by atoms with Crippen molar-refractivity contribution < 1.29 is 8.42 Å². The lowest BCUT2D eigenvalue weighted by molar-refractivity contribution is 0.341. The molecule has 0 unspecified atom stereocenters. The molecule has 0 rings (SSSR count). The summed E-state index contributed by atoms with van der Waals surface area (Å²) in [7, 11) is -1.65. The zero-order valence-corrected chi connectivity index (χ0v) is 12.3. The fourth-order valence-electron chi connectivity index (χ4n) is 1.12. The third-order valence-electron chi connectivity index (χ3n) is 2.31. The highest BCUT2D eigenvalue weighted by Gasteiger charge is 2.26. The summed E-state index contributed by atoms with van der Waals surface area (Å²) in [6, 6.07) is -0.00646. The molecular formula is C9H21BrN2O2S. The van der Waals surface area contributed by atoms with Crippen molar-refractivity contribution in [2.75, 3.05) is 25.5 Å². The molecule has 0 amide bonds. The summed E-state index contributed by atoms with van der Waals surface area (Å²) in [5.74, 6) is 0. The lowest BCUT2D eigenvalue weighted by atomic mass is 10.4. The molecule has 92 valence electrons. The molecule has 15 heavy (non-hydrogen) atoms. The molecule has 0 aliphatic heterocycles. The van der Waals surface area contributed by atoms with Crippen molar-refractivity contribution in [3.05, 3.63) is 0 Å². The molecule has 0 saturated heterocycles. The quantitative estimate of drug-likeness (QED) is 0.671. The van der Waals surface area contributed by atoms with E-state index in [2.05, 4.69) is 15.9 Å². The van der Waals surface area contributed by atoms with Gasteiger partial charge in [-0.1, -0.05) is 22.9 Å². The van der Waals surface area contributed by atoms with Gasteiger partial charge < -0.3 is 0 Å². The van der Waals surface area contributed by atoms with Gasteiger partial charge in [0.25, 0.3) is 10.2 Å². The Labute approximate surface area is 102 Å². The maximum Gasteiger partial charge on any atom is 0.281 e. The van der Waals surface area contributed by atoms with Crippen LogP contribution < -0.4 is 0 Å². The summed E-state index contributed by atoms with van der Waals surface area (Å²) in [5, 5.41) is 0.824. The van der Waals surface area contributed by atoms with E-state index in [9.17, 15) is 8.42 Å². The van der Waals surface area contributed by atoms with Crippen molar-refractivity contribution in [2.45, 2.75) is 33.2 Å². The van der Waals surface area contributed by atoms with Gasteiger partial charge in [0.2, 0.25) is 0 Å². The summed E-state index contributed by atoms with van der Waals surface area (Å²) < 4.78 is 27.0. The van der Waals surface area contributed by atoms with Gasteiger partial charge in [0.15, 0.2) is 0 Å². The zero-order chi connectivity index (χ0) is 12.1. The Morgan fingerprint density at radius 3 is 2.20 bits per heavy atom. The molecule has 0 aromatic carbocycles. The van der Waals surface area contributed by atoms with E-state index in [1.54, 1.807) is 7.05 Å². The van der Waals surface area contributed by atoms with Crippen LogP contribution in [0.3, 0.4) is 0 Å². The summed E-state index contributed by atoms with van der Waals surface area (Å²) in [4.78, 5) is 0. The van der Waals surface area contributed by atoms with E-state index >= 15 is 0 Å². The van der Waals surface area contributed by atoms with Crippen LogP contribution in [0.15, 0.2) is 0 Å². The van der Waals surface area contributed by atoms with E-state index in [0.29, 0.717) is 13.1 Å². The van der Waals surface area contributed by atoms with E-state index in [-0.39, 0.29) is 6.04 Å². The van der Waals surface area contributed by atoms with E-state index in [1.807, 2.05) is 20.8 Å². The minimum atomic E-state index is -3.28. The van der Waals surface area contributed by atoms with Crippen LogP contribution in [0.25, 0.3) is 0 Å². The van der Waals surface area contributed by atoms with Crippen LogP contribution in [0.2, 0.25) is 0 Å². The number of hydrogen-bond donors (Lipinski definition) is 0. The minimum Gasteiger partial charge on any atom is -0.195 e. The second kappa shape index (κ2) is 6.83. The van der Waals surface area contributed by atoms with Crippen molar-refractivity contribution in [3.8, 4) is 0 Å². The SMILES string of the molecule is CCN(CCCBr)S(=O)(=O)N(C)C(C)C. The molecule has 0 fully saturated rings. The number of nitrogens with zero attached hydrogens (tertiary/aromatic N) is 2. The average Bonchev–Trinajstić information content (AvgIpc) is 2.17. The molecule has 0 N–H and O–H groups in total. The largest absolute Gasteiger partial charge is 0.281 e. The lowest BCUT2D eigenvalue weighted by Gasteiger charge is -2.28. The van der Waals surface area contributed by atoms with Gasteiger partial charge in [-0.15, -0.1) is 0 Å². The number of halogens is 1. The van der Waals surface area contributed by atoms with Crippen LogP contribution in [0.5, 0.6) is 0 Å². The van der Waals surface area contributed by atoms with Crippen LogP contribution in [-0.4, -0.2) is 48.5 Å². The lowest BCUT2D eigenvalue weighted by Crippen LogP contribution is -2.45. The number of hydrogen-bond acceptors (Lipinski definition) is 2. The Kier molecular flexibility index (Phi) is 6.99. The maximum atomic E-state index is 12.0.